The molecule has 2 aromatic rings. The average Bonchev–Trinajstić information content (AvgIpc) is 2.81. The first-order valence-corrected chi connectivity index (χ1v) is 5.84. The van der Waals surface area contributed by atoms with Crippen molar-refractivity contribution in [3.05, 3.63) is 50.9 Å². The molecule has 0 spiro atoms. The van der Waals surface area contributed by atoms with Crippen molar-refractivity contribution in [2.24, 2.45) is 0 Å². The number of nitrogens with zero attached hydrogens (tertiary/aromatic N) is 3. The number of halogens is 1. The van der Waals surface area contributed by atoms with E-state index >= 15 is 0 Å². The lowest BCUT2D eigenvalue weighted by atomic mass is 10.2. The number of pyridine rings is 1. The number of rotatable bonds is 4. The van der Waals surface area contributed by atoms with Gasteiger partial charge in [0.05, 0.1) is 17.7 Å². The molecule has 0 saturated carbocycles. The molecular weight excluding hydrogens is 288 g/mol. The zero-order chi connectivity index (χ0) is 14.7. The van der Waals surface area contributed by atoms with Gasteiger partial charge in [0.1, 0.15) is 22.7 Å². The Kier molecular flexibility index (Phi) is 3.94. The predicted octanol–water partition coefficient (Wildman–Crippen LogP) is 1.87. The average molecular weight is 297 g/mol. The highest BCUT2D eigenvalue weighted by molar-refractivity contribution is 6.29. The smallest absolute Gasteiger partial charge is 0.300 e. The van der Waals surface area contributed by atoms with E-state index in [4.69, 9.17) is 16.0 Å². The predicted molar refractivity (Wildman–Crippen MR) is 68.3 cm³/mol. The Hall–Kier alpha value is -2.48. The number of carbonyl (C=O) groups is 1. The summed E-state index contributed by atoms with van der Waals surface area (Å²) in [6, 6.07) is 1.13. The summed E-state index contributed by atoms with van der Waals surface area (Å²) in [5.74, 6) is 0.252. The van der Waals surface area contributed by atoms with Gasteiger partial charge in [-0.25, -0.2) is 9.97 Å². The Morgan fingerprint density at radius 2 is 2.25 bits per heavy atom. The number of nitro groups is 1. The van der Waals surface area contributed by atoms with Gasteiger partial charge in [0.15, 0.2) is 0 Å². The van der Waals surface area contributed by atoms with Crippen molar-refractivity contribution >= 4 is 23.2 Å². The Morgan fingerprint density at radius 1 is 1.50 bits per heavy atom. The molecule has 2 rings (SSSR count). The fourth-order valence-corrected chi connectivity index (χ4v) is 1.64. The summed E-state index contributed by atoms with van der Waals surface area (Å²) < 4.78 is 5.17. The van der Waals surface area contributed by atoms with Crippen LogP contribution in [0.2, 0.25) is 5.15 Å². The minimum atomic E-state index is -0.701. The Bertz CT molecular complexity index is 670. The molecule has 0 bridgehead atoms. The van der Waals surface area contributed by atoms with Crippen LogP contribution in [0.1, 0.15) is 22.0 Å². The van der Waals surface area contributed by atoms with E-state index in [2.05, 4.69) is 15.3 Å². The fourth-order valence-electron chi connectivity index (χ4n) is 1.48. The van der Waals surface area contributed by atoms with Gasteiger partial charge in [-0.1, -0.05) is 11.6 Å². The monoisotopic (exact) mass is 296 g/mol. The van der Waals surface area contributed by atoms with E-state index in [0.717, 1.165) is 12.3 Å². The van der Waals surface area contributed by atoms with Crippen LogP contribution < -0.4 is 5.32 Å². The molecular formula is C11H9ClN4O4. The SMILES string of the molecule is Cc1cnc(CNC(=O)c2cc(Cl)ncc2[N+](=O)[O-])o1. The van der Waals surface area contributed by atoms with Gasteiger partial charge in [0.25, 0.3) is 11.6 Å². The van der Waals surface area contributed by atoms with Crippen LogP contribution in [-0.4, -0.2) is 20.8 Å². The number of aryl methyl sites for hydroxylation is 1. The van der Waals surface area contributed by atoms with Crippen LogP contribution in [0.3, 0.4) is 0 Å². The number of aromatic nitrogens is 2. The van der Waals surface area contributed by atoms with E-state index in [1.807, 2.05) is 0 Å². The first kappa shape index (κ1) is 13.9. The normalized spacial score (nSPS) is 10.3. The number of oxazole rings is 1. The third kappa shape index (κ3) is 3.09. The minimum absolute atomic E-state index is 0.00674. The summed E-state index contributed by atoms with van der Waals surface area (Å²) in [4.78, 5) is 29.5. The molecule has 20 heavy (non-hydrogen) atoms. The maximum absolute atomic E-state index is 11.9. The van der Waals surface area contributed by atoms with Crippen molar-refractivity contribution in [1.29, 1.82) is 0 Å². The second-order valence-corrected chi connectivity index (χ2v) is 4.22. The van der Waals surface area contributed by atoms with Crippen molar-refractivity contribution in [1.82, 2.24) is 15.3 Å². The van der Waals surface area contributed by atoms with Gasteiger partial charge in [0, 0.05) is 0 Å². The quantitative estimate of drug-likeness (QED) is 0.523. The zero-order valence-corrected chi connectivity index (χ0v) is 11.0. The highest BCUT2D eigenvalue weighted by Gasteiger charge is 2.21. The molecule has 104 valence electrons. The lowest BCUT2D eigenvalue weighted by molar-refractivity contribution is -0.385. The number of carbonyl (C=O) groups excluding carboxylic acids is 1. The van der Waals surface area contributed by atoms with Crippen molar-refractivity contribution < 1.29 is 14.1 Å². The molecule has 0 unspecified atom stereocenters. The van der Waals surface area contributed by atoms with E-state index in [0.29, 0.717) is 11.7 Å². The van der Waals surface area contributed by atoms with Gasteiger partial charge < -0.3 is 9.73 Å². The molecule has 0 fully saturated rings. The lowest BCUT2D eigenvalue weighted by Crippen LogP contribution is -2.24. The molecule has 0 aliphatic heterocycles. The summed E-state index contributed by atoms with van der Waals surface area (Å²) in [6.45, 7) is 1.73. The molecule has 0 atom stereocenters. The largest absolute Gasteiger partial charge is 0.444 e. The molecule has 1 amide bonds. The van der Waals surface area contributed by atoms with Crippen LogP contribution in [-0.2, 0) is 6.54 Å². The summed E-state index contributed by atoms with van der Waals surface area (Å²) in [6.07, 6.45) is 2.44. The molecule has 2 heterocycles. The summed E-state index contributed by atoms with van der Waals surface area (Å²) in [5, 5.41) is 13.3. The maximum atomic E-state index is 11.9. The third-order valence-corrected chi connectivity index (χ3v) is 2.57. The third-order valence-electron chi connectivity index (χ3n) is 2.36. The van der Waals surface area contributed by atoms with Gasteiger partial charge in [-0.2, -0.15) is 0 Å². The van der Waals surface area contributed by atoms with Gasteiger partial charge in [-0.15, -0.1) is 0 Å². The van der Waals surface area contributed by atoms with E-state index < -0.39 is 16.5 Å². The molecule has 1 N–H and O–H groups in total. The van der Waals surface area contributed by atoms with Crippen molar-refractivity contribution in [2.45, 2.75) is 13.5 Å². The minimum Gasteiger partial charge on any atom is -0.444 e. The van der Waals surface area contributed by atoms with Crippen LogP contribution in [0.15, 0.2) is 22.9 Å². The van der Waals surface area contributed by atoms with Gasteiger partial charge in [0.2, 0.25) is 5.89 Å². The van der Waals surface area contributed by atoms with Crippen LogP contribution in [0.5, 0.6) is 0 Å². The molecule has 0 aliphatic carbocycles. The number of hydrogen-bond acceptors (Lipinski definition) is 6. The second kappa shape index (κ2) is 5.66. The molecule has 0 aliphatic rings. The van der Waals surface area contributed by atoms with Gasteiger partial charge in [-0.3, -0.25) is 14.9 Å². The van der Waals surface area contributed by atoms with Crippen molar-refractivity contribution in [2.75, 3.05) is 0 Å². The van der Waals surface area contributed by atoms with Crippen LogP contribution in [0.25, 0.3) is 0 Å². The highest BCUT2D eigenvalue weighted by atomic mass is 35.5. The molecule has 0 saturated heterocycles. The fraction of sp³-hybridized carbons (Fsp3) is 0.182. The molecule has 9 heteroatoms. The van der Waals surface area contributed by atoms with Gasteiger partial charge >= 0.3 is 0 Å². The zero-order valence-electron chi connectivity index (χ0n) is 10.3. The number of amides is 1. The number of hydrogen-bond donors (Lipinski definition) is 1. The first-order valence-electron chi connectivity index (χ1n) is 5.47. The topological polar surface area (TPSA) is 111 Å². The van der Waals surface area contributed by atoms with Gasteiger partial charge in [-0.05, 0) is 13.0 Å². The summed E-state index contributed by atoms with van der Waals surface area (Å²) >= 11 is 5.64. The van der Waals surface area contributed by atoms with E-state index in [1.54, 1.807) is 6.92 Å². The number of nitrogens with one attached hydrogen (secondary N) is 1. The van der Waals surface area contributed by atoms with E-state index in [-0.39, 0.29) is 17.3 Å². The summed E-state index contributed by atoms with van der Waals surface area (Å²) in [5.41, 5.74) is -0.589. The maximum Gasteiger partial charge on any atom is 0.300 e. The molecule has 2 aromatic heterocycles. The summed E-state index contributed by atoms with van der Waals surface area (Å²) in [7, 11) is 0. The van der Waals surface area contributed by atoms with E-state index in [9.17, 15) is 14.9 Å². The molecule has 0 aromatic carbocycles. The molecule has 0 radical (unpaired) electrons. The van der Waals surface area contributed by atoms with Crippen molar-refractivity contribution in [3.8, 4) is 0 Å². The standard InChI is InChI=1S/C11H9ClN4O4/c1-6-3-14-10(20-6)5-15-11(17)7-2-9(12)13-4-8(7)16(18)19/h2-4H,5H2,1H3,(H,15,17). The Morgan fingerprint density at radius 3 is 2.85 bits per heavy atom. The first-order chi connectivity index (χ1) is 9.47. The second-order valence-electron chi connectivity index (χ2n) is 3.83. The van der Waals surface area contributed by atoms with Crippen LogP contribution in [0, 0.1) is 17.0 Å². The van der Waals surface area contributed by atoms with Crippen LogP contribution in [0.4, 0.5) is 5.69 Å². The molecule has 8 nitrogen and oxygen atoms in total. The Labute approximate surface area is 117 Å². The van der Waals surface area contributed by atoms with Crippen molar-refractivity contribution in [3.63, 3.8) is 0 Å². The van der Waals surface area contributed by atoms with E-state index in [1.165, 1.54) is 6.20 Å². The highest BCUT2D eigenvalue weighted by Crippen LogP contribution is 2.20. The lowest BCUT2D eigenvalue weighted by Gasteiger charge is -2.04. The van der Waals surface area contributed by atoms with Crippen LogP contribution >= 0.6 is 11.6 Å². The Balaban J connectivity index is 2.16.